The molecule has 0 saturated heterocycles. The number of aryl methyl sites for hydroxylation is 1. The van der Waals surface area contributed by atoms with Gasteiger partial charge in [-0.2, -0.15) is 0 Å². The van der Waals surface area contributed by atoms with E-state index in [4.69, 9.17) is 16.3 Å². The summed E-state index contributed by atoms with van der Waals surface area (Å²) >= 11 is 6.30. The van der Waals surface area contributed by atoms with E-state index >= 15 is 0 Å². The molecule has 0 aromatic heterocycles. The van der Waals surface area contributed by atoms with E-state index in [1.54, 1.807) is 12.1 Å². The van der Waals surface area contributed by atoms with Gasteiger partial charge in [0.2, 0.25) is 0 Å². The molecule has 0 radical (unpaired) electrons. The van der Waals surface area contributed by atoms with Gasteiger partial charge in [-0.3, -0.25) is 0 Å². The fourth-order valence-corrected chi connectivity index (χ4v) is 2.28. The lowest BCUT2D eigenvalue weighted by molar-refractivity contribution is 0.386. The standard InChI is InChI=1S/C15H13ClF2O/c1-9-3-5-11(17)8-12(9)15(16)10-4-6-14(19-2)13(18)7-10/h3-8,15H,1-2H3. The minimum Gasteiger partial charge on any atom is -0.494 e. The number of hydrogen-bond donors (Lipinski definition) is 0. The second-order valence-electron chi connectivity index (χ2n) is 4.26. The van der Waals surface area contributed by atoms with Crippen LogP contribution in [0.1, 0.15) is 22.1 Å². The number of hydrogen-bond acceptors (Lipinski definition) is 1. The van der Waals surface area contributed by atoms with Gasteiger partial charge in [-0.25, -0.2) is 8.78 Å². The SMILES string of the molecule is COc1ccc(C(Cl)c2cc(F)ccc2C)cc1F. The minimum atomic E-state index is -0.601. The molecule has 0 N–H and O–H groups in total. The molecule has 2 rings (SSSR count). The van der Waals surface area contributed by atoms with E-state index in [1.807, 2.05) is 6.92 Å². The van der Waals surface area contributed by atoms with E-state index in [-0.39, 0.29) is 11.6 Å². The molecule has 0 amide bonds. The van der Waals surface area contributed by atoms with Crippen LogP contribution in [0.3, 0.4) is 0 Å². The lowest BCUT2D eigenvalue weighted by atomic mass is 9.99. The van der Waals surface area contributed by atoms with Gasteiger partial charge in [0.05, 0.1) is 12.5 Å². The highest BCUT2D eigenvalue weighted by Crippen LogP contribution is 2.33. The number of ether oxygens (including phenoxy) is 1. The first-order valence-electron chi connectivity index (χ1n) is 5.76. The molecule has 0 aliphatic carbocycles. The molecule has 2 aromatic rings. The van der Waals surface area contributed by atoms with E-state index in [9.17, 15) is 8.78 Å². The topological polar surface area (TPSA) is 9.23 Å². The zero-order valence-corrected chi connectivity index (χ0v) is 11.3. The van der Waals surface area contributed by atoms with Crippen LogP contribution in [0.4, 0.5) is 8.78 Å². The Morgan fingerprint density at radius 3 is 2.47 bits per heavy atom. The van der Waals surface area contributed by atoms with Crippen LogP contribution in [0.15, 0.2) is 36.4 Å². The summed E-state index contributed by atoms with van der Waals surface area (Å²) in [5.41, 5.74) is 2.05. The molecule has 1 atom stereocenters. The first-order chi connectivity index (χ1) is 9.02. The first kappa shape index (κ1) is 13.8. The molecule has 2 aromatic carbocycles. The zero-order chi connectivity index (χ0) is 14.0. The minimum absolute atomic E-state index is 0.156. The summed E-state index contributed by atoms with van der Waals surface area (Å²) in [6.45, 7) is 1.84. The summed E-state index contributed by atoms with van der Waals surface area (Å²) in [4.78, 5) is 0. The predicted molar refractivity (Wildman–Crippen MR) is 71.8 cm³/mol. The third-order valence-electron chi connectivity index (χ3n) is 2.98. The van der Waals surface area contributed by atoms with Gasteiger partial charge >= 0.3 is 0 Å². The molecule has 19 heavy (non-hydrogen) atoms. The van der Waals surface area contributed by atoms with Gasteiger partial charge in [0.1, 0.15) is 5.82 Å². The second-order valence-corrected chi connectivity index (χ2v) is 4.69. The van der Waals surface area contributed by atoms with Crippen LogP contribution < -0.4 is 4.74 Å². The highest BCUT2D eigenvalue weighted by Gasteiger charge is 2.16. The van der Waals surface area contributed by atoms with Crippen LogP contribution >= 0.6 is 11.6 Å². The van der Waals surface area contributed by atoms with Gasteiger partial charge in [0.25, 0.3) is 0 Å². The van der Waals surface area contributed by atoms with Crippen molar-refractivity contribution < 1.29 is 13.5 Å². The molecule has 0 bridgehead atoms. The third kappa shape index (κ3) is 2.87. The molecule has 0 aliphatic heterocycles. The Morgan fingerprint density at radius 2 is 1.84 bits per heavy atom. The van der Waals surface area contributed by atoms with Gasteiger partial charge in [0, 0.05) is 0 Å². The quantitative estimate of drug-likeness (QED) is 0.747. The van der Waals surface area contributed by atoms with E-state index in [1.165, 1.54) is 31.4 Å². The third-order valence-corrected chi connectivity index (χ3v) is 3.47. The lowest BCUT2D eigenvalue weighted by Gasteiger charge is -2.14. The molecule has 0 heterocycles. The average Bonchev–Trinajstić information content (AvgIpc) is 2.40. The summed E-state index contributed by atoms with van der Waals surface area (Å²) < 4.78 is 31.8. The predicted octanol–water partition coefficient (Wildman–Crippen LogP) is 4.61. The van der Waals surface area contributed by atoms with Crippen molar-refractivity contribution in [2.45, 2.75) is 12.3 Å². The Bertz CT molecular complexity index is 599. The highest BCUT2D eigenvalue weighted by molar-refractivity contribution is 6.22. The van der Waals surface area contributed by atoms with Crippen molar-refractivity contribution >= 4 is 11.6 Å². The Morgan fingerprint density at radius 1 is 1.11 bits per heavy atom. The Labute approximate surface area is 115 Å². The van der Waals surface area contributed by atoms with Crippen LogP contribution in [-0.2, 0) is 0 Å². The number of rotatable bonds is 3. The largest absolute Gasteiger partial charge is 0.494 e. The molecule has 100 valence electrons. The maximum atomic E-state index is 13.6. The van der Waals surface area contributed by atoms with Gasteiger partial charge < -0.3 is 4.74 Å². The zero-order valence-electron chi connectivity index (χ0n) is 10.6. The summed E-state index contributed by atoms with van der Waals surface area (Å²) in [5.74, 6) is -0.691. The summed E-state index contributed by atoms with van der Waals surface area (Å²) in [7, 11) is 1.40. The smallest absolute Gasteiger partial charge is 0.165 e. The number of alkyl halides is 1. The molecule has 0 spiro atoms. The van der Waals surface area contributed by atoms with Crippen molar-refractivity contribution in [1.29, 1.82) is 0 Å². The van der Waals surface area contributed by atoms with Gasteiger partial charge in [-0.15, -0.1) is 11.6 Å². The maximum absolute atomic E-state index is 13.6. The summed E-state index contributed by atoms with van der Waals surface area (Å²) in [6, 6.07) is 8.88. The summed E-state index contributed by atoms with van der Waals surface area (Å²) in [5, 5.41) is -0.601. The van der Waals surface area contributed by atoms with Crippen LogP contribution in [0.5, 0.6) is 5.75 Å². The first-order valence-corrected chi connectivity index (χ1v) is 6.20. The van der Waals surface area contributed by atoms with Crippen molar-refractivity contribution in [3.63, 3.8) is 0 Å². The Kier molecular flexibility index (Phi) is 4.05. The molecular formula is C15H13ClF2O. The van der Waals surface area contributed by atoms with Crippen molar-refractivity contribution in [2.75, 3.05) is 7.11 Å². The molecule has 0 fully saturated rings. The van der Waals surface area contributed by atoms with E-state index < -0.39 is 11.2 Å². The Hall–Kier alpha value is -1.61. The normalized spacial score (nSPS) is 12.3. The van der Waals surface area contributed by atoms with Crippen molar-refractivity contribution in [2.24, 2.45) is 0 Å². The van der Waals surface area contributed by atoms with E-state index in [0.717, 1.165) is 5.56 Å². The molecule has 1 unspecified atom stereocenters. The Balaban J connectivity index is 2.41. The second kappa shape index (κ2) is 5.57. The van der Waals surface area contributed by atoms with Crippen LogP contribution in [-0.4, -0.2) is 7.11 Å². The van der Waals surface area contributed by atoms with E-state index in [2.05, 4.69) is 0 Å². The van der Waals surface area contributed by atoms with Crippen molar-refractivity contribution in [3.8, 4) is 5.75 Å². The molecule has 4 heteroatoms. The molecular weight excluding hydrogens is 270 g/mol. The fraction of sp³-hybridized carbons (Fsp3) is 0.200. The fourth-order valence-electron chi connectivity index (χ4n) is 1.90. The van der Waals surface area contributed by atoms with E-state index in [0.29, 0.717) is 11.1 Å². The molecule has 0 saturated carbocycles. The highest BCUT2D eigenvalue weighted by atomic mass is 35.5. The lowest BCUT2D eigenvalue weighted by Crippen LogP contribution is -1.99. The number of methoxy groups -OCH3 is 1. The van der Waals surface area contributed by atoms with Crippen LogP contribution in [0, 0.1) is 18.6 Å². The van der Waals surface area contributed by atoms with Gasteiger partial charge in [0.15, 0.2) is 11.6 Å². The molecule has 1 nitrogen and oxygen atoms in total. The average molecular weight is 283 g/mol. The monoisotopic (exact) mass is 282 g/mol. The molecule has 0 aliphatic rings. The summed E-state index contributed by atoms with van der Waals surface area (Å²) in [6.07, 6.45) is 0. The van der Waals surface area contributed by atoms with Crippen molar-refractivity contribution in [1.82, 2.24) is 0 Å². The van der Waals surface area contributed by atoms with Gasteiger partial charge in [-0.1, -0.05) is 12.1 Å². The van der Waals surface area contributed by atoms with Crippen LogP contribution in [0.25, 0.3) is 0 Å². The maximum Gasteiger partial charge on any atom is 0.165 e. The number of halogens is 3. The number of benzene rings is 2. The van der Waals surface area contributed by atoms with Gasteiger partial charge in [-0.05, 0) is 47.9 Å². The van der Waals surface area contributed by atoms with Crippen molar-refractivity contribution in [3.05, 3.63) is 64.7 Å². The van der Waals surface area contributed by atoms with Crippen LogP contribution in [0.2, 0.25) is 0 Å².